The fourth-order valence-corrected chi connectivity index (χ4v) is 3.29. The van der Waals surface area contributed by atoms with Gasteiger partial charge in [-0.1, -0.05) is 36.4 Å². The molecule has 9 heteroatoms. The van der Waals surface area contributed by atoms with Crippen LogP contribution in [0.15, 0.2) is 82.6 Å². The van der Waals surface area contributed by atoms with Crippen LogP contribution >= 0.6 is 0 Å². The van der Waals surface area contributed by atoms with Crippen molar-refractivity contribution in [2.75, 3.05) is 0 Å². The number of rotatable bonds is 6. The molecule has 0 spiro atoms. The zero-order valence-corrected chi connectivity index (χ0v) is 17.7. The van der Waals surface area contributed by atoms with Crippen LogP contribution in [-0.2, 0) is 13.1 Å². The number of hydrogen-bond donors (Lipinski definition) is 1. The van der Waals surface area contributed by atoms with Crippen molar-refractivity contribution in [3.63, 3.8) is 0 Å². The summed E-state index contributed by atoms with van der Waals surface area (Å²) >= 11 is 0. The summed E-state index contributed by atoms with van der Waals surface area (Å²) < 4.78 is 16.1. The standard InChI is InChI=1S/C24H20FN5O3/c1-16-6-4-9-19(12-16)30-24(33)29(15-18-8-2-3-10-20(18)25)23(32)21(28-30)22(31)27-14-17-7-5-11-26-13-17/h2-13H,14-15H2,1H3,(H,27,31). The van der Waals surface area contributed by atoms with Crippen LogP contribution < -0.4 is 16.6 Å². The van der Waals surface area contributed by atoms with Gasteiger partial charge in [-0.15, -0.1) is 0 Å². The Morgan fingerprint density at radius 2 is 1.88 bits per heavy atom. The van der Waals surface area contributed by atoms with E-state index in [0.29, 0.717) is 5.69 Å². The topological polar surface area (TPSA) is 98.9 Å². The molecule has 0 saturated carbocycles. The number of amides is 1. The van der Waals surface area contributed by atoms with Crippen molar-refractivity contribution in [2.45, 2.75) is 20.0 Å². The number of aryl methyl sites for hydroxylation is 1. The fraction of sp³-hybridized carbons (Fsp3) is 0.125. The highest BCUT2D eigenvalue weighted by Gasteiger charge is 2.21. The number of pyridine rings is 1. The van der Waals surface area contributed by atoms with Crippen molar-refractivity contribution < 1.29 is 9.18 Å². The van der Waals surface area contributed by atoms with Crippen molar-refractivity contribution in [2.24, 2.45) is 0 Å². The molecule has 0 saturated heterocycles. The Balaban J connectivity index is 1.80. The van der Waals surface area contributed by atoms with E-state index < -0.39 is 28.7 Å². The van der Waals surface area contributed by atoms with E-state index in [2.05, 4.69) is 15.4 Å². The number of carbonyl (C=O) groups is 1. The minimum absolute atomic E-state index is 0.116. The molecule has 0 aliphatic rings. The second kappa shape index (κ2) is 9.39. The van der Waals surface area contributed by atoms with E-state index in [4.69, 9.17) is 0 Å². The van der Waals surface area contributed by atoms with Crippen LogP contribution in [0.2, 0.25) is 0 Å². The zero-order valence-electron chi connectivity index (χ0n) is 17.7. The molecule has 4 aromatic rings. The van der Waals surface area contributed by atoms with E-state index in [9.17, 15) is 18.8 Å². The molecule has 2 aromatic carbocycles. The predicted molar refractivity (Wildman–Crippen MR) is 120 cm³/mol. The predicted octanol–water partition coefficient (Wildman–Crippen LogP) is 2.22. The lowest BCUT2D eigenvalue weighted by Crippen LogP contribution is -2.46. The third-order valence-electron chi connectivity index (χ3n) is 4.98. The first kappa shape index (κ1) is 21.8. The van der Waals surface area contributed by atoms with Gasteiger partial charge >= 0.3 is 5.69 Å². The summed E-state index contributed by atoms with van der Waals surface area (Å²) in [5, 5.41) is 6.69. The second-order valence-electron chi connectivity index (χ2n) is 7.41. The lowest BCUT2D eigenvalue weighted by molar-refractivity contribution is 0.0941. The molecule has 0 aliphatic heterocycles. The van der Waals surface area contributed by atoms with Crippen LogP contribution in [0, 0.1) is 12.7 Å². The first-order valence-corrected chi connectivity index (χ1v) is 10.2. The Hall–Kier alpha value is -4.40. The smallest absolute Gasteiger partial charge is 0.346 e. The Kier molecular flexibility index (Phi) is 6.21. The van der Waals surface area contributed by atoms with Crippen molar-refractivity contribution in [3.05, 3.63) is 122 Å². The average Bonchev–Trinajstić information content (AvgIpc) is 2.82. The van der Waals surface area contributed by atoms with Crippen LogP contribution in [0.5, 0.6) is 0 Å². The highest BCUT2D eigenvalue weighted by Crippen LogP contribution is 2.09. The molecule has 166 valence electrons. The SMILES string of the molecule is Cc1cccc(-n2nc(C(=O)NCc3cccnc3)c(=O)n(Cc3ccccc3F)c2=O)c1. The van der Waals surface area contributed by atoms with Gasteiger partial charge in [-0.05, 0) is 42.3 Å². The molecule has 2 heterocycles. The molecular formula is C24H20FN5O3. The van der Waals surface area contributed by atoms with E-state index in [1.165, 1.54) is 18.2 Å². The third-order valence-corrected chi connectivity index (χ3v) is 4.98. The minimum atomic E-state index is -0.907. The summed E-state index contributed by atoms with van der Waals surface area (Å²) in [6, 6.07) is 16.2. The fourth-order valence-electron chi connectivity index (χ4n) is 3.29. The van der Waals surface area contributed by atoms with E-state index in [1.807, 2.05) is 13.0 Å². The van der Waals surface area contributed by atoms with E-state index >= 15 is 0 Å². The molecule has 0 unspecified atom stereocenters. The number of halogens is 1. The number of aromatic nitrogens is 4. The molecule has 0 atom stereocenters. The number of benzene rings is 2. The highest BCUT2D eigenvalue weighted by atomic mass is 19.1. The average molecular weight is 445 g/mol. The molecule has 2 aromatic heterocycles. The number of nitrogens with zero attached hydrogens (tertiary/aromatic N) is 4. The minimum Gasteiger partial charge on any atom is -0.346 e. The van der Waals surface area contributed by atoms with Gasteiger partial charge in [0.15, 0.2) is 0 Å². The van der Waals surface area contributed by atoms with Gasteiger partial charge in [-0.3, -0.25) is 19.1 Å². The van der Waals surface area contributed by atoms with Crippen molar-refractivity contribution in [1.29, 1.82) is 0 Å². The Morgan fingerprint density at radius 3 is 2.61 bits per heavy atom. The Bertz CT molecular complexity index is 1430. The van der Waals surface area contributed by atoms with Gasteiger partial charge in [0.1, 0.15) is 5.82 Å². The maximum Gasteiger partial charge on any atom is 0.352 e. The molecule has 1 N–H and O–H groups in total. The maximum atomic E-state index is 14.3. The van der Waals surface area contributed by atoms with Crippen molar-refractivity contribution in [3.8, 4) is 5.69 Å². The van der Waals surface area contributed by atoms with E-state index in [-0.39, 0.29) is 18.7 Å². The van der Waals surface area contributed by atoms with Crippen LogP contribution in [-0.4, -0.2) is 25.2 Å². The summed E-state index contributed by atoms with van der Waals surface area (Å²) in [4.78, 5) is 43.1. The Morgan fingerprint density at radius 1 is 1.06 bits per heavy atom. The van der Waals surface area contributed by atoms with Gasteiger partial charge in [0.05, 0.1) is 12.2 Å². The molecular weight excluding hydrogens is 425 g/mol. The van der Waals surface area contributed by atoms with Crippen LogP contribution in [0.3, 0.4) is 0 Å². The van der Waals surface area contributed by atoms with Gasteiger partial charge < -0.3 is 5.32 Å². The van der Waals surface area contributed by atoms with E-state index in [0.717, 1.165) is 20.4 Å². The highest BCUT2D eigenvalue weighted by molar-refractivity contribution is 5.91. The normalized spacial score (nSPS) is 10.7. The third kappa shape index (κ3) is 4.77. The molecule has 0 radical (unpaired) electrons. The summed E-state index contributed by atoms with van der Waals surface area (Å²) in [5.41, 5.74) is -0.0611. The molecule has 8 nitrogen and oxygen atoms in total. The first-order chi connectivity index (χ1) is 15.9. The quantitative estimate of drug-likeness (QED) is 0.491. The zero-order chi connectivity index (χ0) is 23.4. The van der Waals surface area contributed by atoms with Gasteiger partial charge in [-0.2, -0.15) is 9.78 Å². The molecule has 1 amide bonds. The van der Waals surface area contributed by atoms with Crippen molar-refractivity contribution >= 4 is 5.91 Å². The second-order valence-corrected chi connectivity index (χ2v) is 7.41. The molecule has 4 rings (SSSR count). The van der Waals surface area contributed by atoms with Gasteiger partial charge in [0.25, 0.3) is 11.5 Å². The van der Waals surface area contributed by atoms with Gasteiger partial charge in [-0.25, -0.2) is 9.18 Å². The summed E-state index contributed by atoms with van der Waals surface area (Å²) in [6.45, 7) is 1.61. The van der Waals surface area contributed by atoms with E-state index in [1.54, 1.807) is 48.8 Å². The van der Waals surface area contributed by atoms with Crippen LogP contribution in [0.1, 0.15) is 27.2 Å². The van der Waals surface area contributed by atoms with Gasteiger partial charge in [0.2, 0.25) is 5.69 Å². The lowest BCUT2D eigenvalue weighted by Gasteiger charge is -2.13. The maximum absolute atomic E-state index is 14.3. The summed E-state index contributed by atoms with van der Waals surface area (Å²) in [7, 11) is 0. The number of hydrogen-bond acceptors (Lipinski definition) is 5. The Labute approximate surface area is 188 Å². The molecule has 0 aliphatic carbocycles. The number of carbonyl (C=O) groups excluding carboxylic acids is 1. The molecule has 0 bridgehead atoms. The summed E-state index contributed by atoms with van der Waals surface area (Å²) in [5.74, 6) is -1.32. The van der Waals surface area contributed by atoms with Crippen LogP contribution in [0.4, 0.5) is 4.39 Å². The molecule has 0 fully saturated rings. The first-order valence-electron chi connectivity index (χ1n) is 10.2. The lowest BCUT2D eigenvalue weighted by atomic mass is 10.2. The summed E-state index contributed by atoms with van der Waals surface area (Å²) in [6.07, 6.45) is 3.18. The number of nitrogens with one attached hydrogen (secondary N) is 1. The largest absolute Gasteiger partial charge is 0.352 e. The molecule has 33 heavy (non-hydrogen) atoms. The van der Waals surface area contributed by atoms with Crippen molar-refractivity contribution in [1.82, 2.24) is 24.6 Å². The van der Waals surface area contributed by atoms with Gasteiger partial charge in [0, 0.05) is 24.5 Å². The monoisotopic (exact) mass is 445 g/mol. The van der Waals surface area contributed by atoms with Crippen LogP contribution in [0.25, 0.3) is 5.69 Å².